The molecule has 1 aromatic rings. The maximum atomic E-state index is 11.5. The third-order valence-electron chi connectivity index (χ3n) is 2.91. The number of nitrogens with two attached hydrogens (primary N) is 1. The van der Waals surface area contributed by atoms with Crippen LogP contribution in [-0.4, -0.2) is 33.8 Å². The molecule has 0 saturated heterocycles. The lowest BCUT2D eigenvalue weighted by Crippen LogP contribution is -2.46. The normalized spacial score (nSPS) is 28.0. The van der Waals surface area contributed by atoms with Crippen LogP contribution in [0.1, 0.15) is 19.3 Å². The van der Waals surface area contributed by atoms with Crippen LogP contribution in [0, 0.1) is 0 Å². The van der Waals surface area contributed by atoms with Crippen molar-refractivity contribution in [3.63, 3.8) is 0 Å². The third-order valence-corrected chi connectivity index (χ3v) is 4.07. The van der Waals surface area contributed by atoms with Gasteiger partial charge in [-0.05, 0) is 25.3 Å². The molecule has 1 fully saturated rings. The van der Waals surface area contributed by atoms with Gasteiger partial charge >= 0.3 is 5.97 Å². The van der Waals surface area contributed by atoms with Gasteiger partial charge in [0.15, 0.2) is 5.16 Å². The highest BCUT2D eigenvalue weighted by molar-refractivity contribution is 7.99. The first-order chi connectivity index (χ1) is 8.14. The van der Waals surface area contributed by atoms with Gasteiger partial charge in [-0.2, -0.15) is 0 Å². The average Bonchev–Trinajstić information content (AvgIpc) is 2.72. The second-order valence-corrected chi connectivity index (χ2v) is 5.43. The fourth-order valence-electron chi connectivity index (χ4n) is 2.01. The number of thioether (sulfide) groups is 1. The zero-order valence-electron chi connectivity index (χ0n) is 9.63. The van der Waals surface area contributed by atoms with Crippen molar-refractivity contribution < 1.29 is 9.53 Å². The van der Waals surface area contributed by atoms with Crippen LogP contribution in [0.25, 0.3) is 0 Å². The largest absolute Gasteiger partial charge is 0.468 e. The molecule has 1 saturated carbocycles. The Kier molecular flexibility index (Phi) is 3.63. The van der Waals surface area contributed by atoms with Crippen molar-refractivity contribution in [2.75, 3.05) is 7.11 Å². The summed E-state index contributed by atoms with van der Waals surface area (Å²) in [6.45, 7) is 0. The molecule has 1 aromatic heterocycles. The van der Waals surface area contributed by atoms with Gasteiger partial charge in [-0.15, -0.1) is 0 Å². The number of hydrogen-bond acceptors (Lipinski definition) is 6. The molecule has 2 unspecified atom stereocenters. The zero-order valence-corrected chi connectivity index (χ0v) is 10.4. The Balaban J connectivity index is 1.97. The number of carbonyl (C=O) groups is 1. The minimum Gasteiger partial charge on any atom is -0.468 e. The van der Waals surface area contributed by atoms with Gasteiger partial charge in [0.2, 0.25) is 0 Å². The molecule has 2 N–H and O–H groups in total. The number of esters is 1. The van der Waals surface area contributed by atoms with E-state index in [0.29, 0.717) is 12.8 Å². The predicted molar refractivity (Wildman–Crippen MR) is 64.5 cm³/mol. The van der Waals surface area contributed by atoms with Gasteiger partial charge in [-0.1, -0.05) is 11.8 Å². The number of nitrogens with zero attached hydrogens (tertiary/aromatic N) is 2. The van der Waals surface area contributed by atoms with E-state index in [-0.39, 0.29) is 11.2 Å². The van der Waals surface area contributed by atoms with Gasteiger partial charge in [0, 0.05) is 17.6 Å². The lowest BCUT2D eigenvalue weighted by molar-refractivity contribution is -0.146. The fourth-order valence-corrected chi connectivity index (χ4v) is 3.17. The Bertz CT molecular complexity index is 401. The van der Waals surface area contributed by atoms with Crippen molar-refractivity contribution in [2.24, 2.45) is 5.73 Å². The fraction of sp³-hybridized carbons (Fsp3) is 0.545. The average molecular weight is 253 g/mol. The minimum atomic E-state index is -0.832. The highest BCUT2D eigenvalue weighted by atomic mass is 32.2. The summed E-state index contributed by atoms with van der Waals surface area (Å²) in [5.41, 5.74) is 5.20. The molecule has 92 valence electrons. The van der Waals surface area contributed by atoms with Crippen molar-refractivity contribution in [3.05, 3.63) is 18.5 Å². The van der Waals surface area contributed by atoms with E-state index < -0.39 is 5.54 Å². The van der Waals surface area contributed by atoms with Crippen LogP contribution in [0.4, 0.5) is 0 Å². The monoisotopic (exact) mass is 253 g/mol. The van der Waals surface area contributed by atoms with E-state index in [1.54, 1.807) is 30.2 Å². The summed E-state index contributed by atoms with van der Waals surface area (Å²) < 4.78 is 4.73. The van der Waals surface area contributed by atoms with Gasteiger partial charge in [0.1, 0.15) is 5.54 Å². The lowest BCUT2D eigenvalue weighted by atomic mass is 10.00. The first-order valence-electron chi connectivity index (χ1n) is 5.45. The molecule has 2 atom stereocenters. The van der Waals surface area contributed by atoms with Crippen molar-refractivity contribution in [1.29, 1.82) is 0 Å². The minimum absolute atomic E-state index is 0.279. The molecule has 6 heteroatoms. The van der Waals surface area contributed by atoms with Crippen LogP contribution < -0.4 is 5.73 Å². The molecule has 5 nitrogen and oxygen atoms in total. The molecule has 0 aromatic carbocycles. The van der Waals surface area contributed by atoms with Gasteiger partial charge in [-0.25, -0.2) is 9.97 Å². The van der Waals surface area contributed by atoms with Crippen LogP contribution in [0.3, 0.4) is 0 Å². The topological polar surface area (TPSA) is 78.1 Å². The Morgan fingerprint density at radius 3 is 2.94 bits per heavy atom. The Labute approximate surface area is 104 Å². The van der Waals surface area contributed by atoms with E-state index >= 15 is 0 Å². The van der Waals surface area contributed by atoms with Crippen LogP contribution in [0.2, 0.25) is 0 Å². The smallest absolute Gasteiger partial charge is 0.325 e. The number of carbonyl (C=O) groups excluding carboxylic acids is 1. The summed E-state index contributed by atoms with van der Waals surface area (Å²) in [5.74, 6) is -0.324. The second-order valence-electron chi connectivity index (χ2n) is 4.16. The number of hydrogen-bond donors (Lipinski definition) is 1. The molecule has 1 aliphatic rings. The standard InChI is InChI=1S/C11H15N3O2S/c1-16-9(15)11(12)4-3-8(7-11)17-10-13-5-2-6-14-10/h2,5-6,8H,3-4,7,12H2,1H3. The summed E-state index contributed by atoms with van der Waals surface area (Å²) >= 11 is 1.57. The zero-order chi connectivity index (χ0) is 12.3. The van der Waals surface area contributed by atoms with Crippen LogP contribution in [0.15, 0.2) is 23.6 Å². The van der Waals surface area contributed by atoms with E-state index in [1.807, 2.05) is 0 Å². The number of aromatic nitrogens is 2. The van der Waals surface area contributed by atoms with Gasteiger partial charge in [0.05, 0.1) is 7.11 Å². The van der Waals surface area contributed by atoms with Crippen molar-refractivity contribution in [2.45, 2.75) is 35.2 Å². The number of rotatable bonds is 3. The van der Waals surface area contributed by atoms with E-state index in [0.717, 1.165) is 11.6 Å². The summed E-state index contributed by atoms with van der Waals surface area (Å²) in [4.78, 5) is 19.8. The van der Waals surface area contributed by atoms with E-state index in [1.165, 1.54) is 7.11 Å². The Morgan fingerprint density at radius 1 is 1.59 bits per heavy atom. The molecule has 0 bridgehead atoms. The Hall–Kier alpha value is -1.14. The summed E-state index contributed by atoms with van der Waals surface area (Å²) in [6.07, 6.45) is 5.57. The van der Waals surface area contributed by atoms with Crippen LogP contribution >= 0.6 is 11.8 Å². The SMILES string of the molecule is COC(=O)C1(N)CCC(Sc2ncccn2)C1. The van der Waals surface area contributed by atoms with Crippen LogP contribution in [-0.2, 0) is 9.53 Å². The molecule has 1 aliphatic carbocycles. The van der Waals surface area contributed by atoms with E-state index in [9.17, 15) is 4.79 Å². The van der Waals surface area contributed by atoms with Gasteiger partial charge < -0.3 is 10.5 Å². The molecule has 17 heavy (non-hydrogen) atoms. The highest BCUT2D eigenvalue weighted by Crippen LogP contribution is 2.38. The maximum absolute atomic E-state index is 11.5. The summed E-state index contributed by atoms with van der Waals surface area (Å²) in [7, 11) is 1.37. The molecule has 2 rings (SSSR count). The Morgan fingerprint density at radius 2 is 2.29 bits per heavy atom. The molecule has 0 radical (unpaired) electrons. The van der Waals surface area contributed by atoms with E-state index in [4.69, 9.17) is 10.5 Å². The molecule has 0 amide bonds. The quantitative estimate of drug-likeness (QED) is 0.639. The maximum Gasteiger partial charge on any atom is 0.325 e. The highest BCUT2D eigenvalue weighted by Gasteiger charge is 2.43. The van der Waals surface area contributed by atoms with Crippen LogP contribution in [0.5, 0.6) is 0 Å². The lowest BCUT2D eigenvalue weighted by Gasteiger charge is -2.20. The molecule has 0 aliphatic heterocycles. The molecular weight excluding hydrogens is 238 g/mol. The number of ether oxygens (including phenoxy) is 1. The molecule has 1 heterocycles. The first kappa shape index (κ1) is 12.3. The van der Waals surface area contributed by atoms with Crippen molar-refractivity contribution in [1.82, 2.24) is 9.97 Å². The summed E-state index contributed by atoms with van der Waals surface area (Å²) in [6, 6.07) is 1.78. The third kappa shape index (κ3) is 2.76. The molecular formula is C11H15N3O2S. The predicted octanol–water partition coefficient (Wildman–Crippen LogP) is 0.992. The number of methoxy groups -OCH3 is 1. The van der Waals surface area contributed by atoms with Gasteiger partial charge in [0.25, 0.3) is 0 Å². The van der Waals surface area contributed by atoms with Crippen molar-refractivity contribution in [3.8, 4) is 0 Å². The van der Waals surface area contributed by atoms with E-state index in [2.05, 4.69) is 9.97 Å². The second kappa shape index (κ2) is 5.01. The molecule has 0 spiro atoms. The van der Waals surface area contributed by atoms with Gasteiger partial charge in [-0.3, -0.25) is 4.79 Å². The summed E-state index contributed by atoms with van der Waals surface area (Å²) in [5, 5.41) is 1.01. The first-order valence-corrected chi connectivity index (χ1v) is 6.33. The van der Waals surface area contributed by atoms with Crippen molar-refractivity contribution >= 4 is 17.7 Å².